The number of rotatable bonds is 40. The Morgan fingerprint density at radius 3 is 1.88 bits per heavy atom. The number of phosphoric ester groups is 2. The van der Waals surface area contributed by atoms with Gasteiger partial charge in [0.25, 0.3) is 0 Å². The molecule has 3 heterocycles. The third kappa shape index (κ3) is 29.0. The summed E-state index contributed by atoms with van der Waals surface area (Å²) in [6.07, 6.45) is 39.7. The second-order valence-corrected chi connectivity index (χ2v) is 20.7. The van der Waals surface area contributed by atoms with Crippen LogP contribution < -0.4 is 11.4 Å². The highest BCUT2D eigenvalue weighted by molar-refractivity contribution is 7.61. The number of ether oxygens (including phenoxy) is 4. The van der Waals surface area contributed by atoms with E-state index in [-0.39, 0.29) is 30.9 Å². The number of phosphoric acid groups is 2. The van der Waals surface area contributed by atoms with Gasteiger partial charge in [0.15, 0.2) is 12.3 Å². The number of aromatic nitrogens is 2. The van der Waals surface area contributed by atoms with Gasteiger partial charge in [0.2, 0.25) is 0 Å². The van der Waals surface area contributed by atoms with Crippen molar-refractivity contribution in [2.45, 2.75) is 185 Å². The number of unbranched alkanes of at least 4 members (excludes halogenated alkanes) is 8. The van der Waals surface area contributed by atoms with E-state index in [1.807, 2.05) is 12.2 Å². The molecule has 3 rings (SSSR count). The Kier molecular flexibility index (Phi) is 31.8. The zero-order valence-corrected chi connectivity index (χ0v) is 44.4. The van der Waals surface area contributed by atoms with Gasteiger partial charge in [0.1, 0.15) is 30.7 Å². The molecule has 0 bridgehead atoms. The normalized spacial score (nSPS) is 22.4. The highest BCUT2D eigenvalue weighted by atomic mass is 31.3. The highest BCUT2D eigenvalue weighted by Gasteiger charge is 2.46. The van der Waals surface area contributed by atoms with Gasteiger partial charge in [-0.3, -0.25) is 23.2 Å². The molecule has 0 spiro atoms. The average molecular weight is 1070 g/mol. The van der Waals surface area contributed by atoms with Crippen molar-refractivity contribution in [1.82, 2.24) is 9.55 Å². The minimum Gasteiger partial charge on any atom is -0.462 e. The van der Waals surface area contributed by atoms with E-state index in [0.29, 0.717) is 19.3 Å². The first kappa shape index (κ1) is 63.2. The molecule has 0 saturated carbocycles. The third-order valence-corrected chi connectivity index (χ3v) is 14.0. The molecule has 1 aromatic rings. The first-order valence-corrected chi connectivity index (χ1v) is 28.7. The lowest BCUT2D eigenvalue weighted by molar-refractivity contribution is -0.161. The van der Waals surface area contributed by atoms with Crippen molar-refractivity contribution in [3.63, 3.8) is 0 Å². The summed E-state index contributed by atoms with van der Waals surface area (Å²) in [5.41, 5.74) is 4.58. The quantitative estimate of drug-likeness (QED) is 0.0134. The number of nitrogens with two attached hydrogens (primary N) is 1. The van der Waals surface area contributed by atoms with Crippen LogP contribution in [0.15, 0.2) is 102 Å². The molecule has 2 saturated heterocycles. The lowest BCUT2D eigenvalue weighted by Gasteiger charge is -2.21. The van der Waals surface area contributed by atoms with Crippen LogP contribution in [0.5, 0.6) is 0 Å². The Morgan fingerprint density at radius 2 is 1.23 bits per heavy atom. The van der Waals surface area contributed by atoms with E-state index in [1.54, 1.807) is 0 Å². The second kappa shape index (κ2) is 36.8. The molecular weight excluding hydrogens is 985 g/mol. The van der Waals surface area contributed by atoms with Gasteiger partial charge in [-0.15, -0.1) is 0 Å². The fourth-order valence-electron chi connectivity index (χ4n) is 7.28. The SMILES string of the molecule is CC/C=C\C/C=C\C/C=C\C/C=C\CCCCCCC(=O)O[C@H](COC(=O)CCC/C=C\CC1OC1C/C=C\C/C=C\CCCCC)COP(=O)(O)OP(=O)(O)OC[C@H]1O[C@@H](n2ccc(N)nc2=O)[C@H](O)[C@@H]1O. The van der Waals surface area contributed by atoms with Crippen LogP contribution in [0.3, 0.4) is 0 Å². The molecule has 0 radical (unpaired) electrons. The fraction of sp³-hybridized carbons (Fsp3) is 0.615. The Morgan fingerprint density at radius 1 is 0.685 bits per heavy atom. The summed E-state index contributed by atoms with van der Waals surface area (Å²) in [5.74, 6) is -1.41. The number of aliphatic hydroxyl groups is 2. The monoisotopic (exact) mass is 1070 g/mol. The van der Waals surface area contributed by atoms with Gasteiger partial charge in [-0.25, -0.2) is 13.9 Å². The van der Waals surface area contributed by atoms with Gasteiger partial charge in [0, 0.05) is 19.0 Å². The summed E-state index contributed by atoms with van der Waals surface area (Å²) in [5, 5.41) is 20.9. The number of hydrogen-bond acceptors (Lipinski definition) is 16. The predicted molar refractivity (Wildman–Crippen MR) is 279 cm³/mol. The summed E-state index contributed by atoms with van der Waals surface area (Å²) >= 11 is 0. The van der Waals surface area contributed by atoms with E-state index in [1.165, 1.54) is 25.3 Å². The topological polar surface area (TPSA) is 278 Å². The van der Waals surface area contributed by atoms with Crippen molar-refractivity contribution in [2.24, 2.45) is 0 Å². The average Bonchev–Trinajstić information content (AvgIpc) is 4.04. The van der Waals surface area contributed by atoms with Crippen LogP contribution in [0.4, 0.5) is 5.82 Å². The van der Waals surface area contributed by atoms with E-state index in [9.17, 15) is 43.5 Å². The summed E-state index contributed by atoms with van der Waals surface area (Å²) in [7, 11) is -10.9. The Bertz CT molecular complexity index is 2120. The van der Waals surface area contributed by atoms with Crippen LogP contribution in [-0.4, -0.2) is 97.9 Å². The van der Waals surface area contributed by atoms with Crippen LogP contribution in [0.1, 0.15) is 148 Å². The lowest BCUT2D eigenvalue weighted by atomic mass is 10.1. The minimum atomic E-state index is -5.45. The van der Waals surface area contributed by atoms with Crippen LogP contribution in [-0.2, 0) is 51.0 Å². The van der Waals surface area contributed by atoms with Crippen LogP contribution in [0, 0.1) is 0 Å². The number of epoxide rings is 1. The van der Waals surface area contributed by atoms with Crippen molar-refractivity contribution >= 4 is 33.4 Å². The van der Waals surface area contributed by atoms with Crippen molar-refractivity contribution in [3.8, 4) is 0 Å². The van der Waals surface area contributed by atoms with Gasteiger partial charge in [-0.2, -0.15) is 9.29 Å². The molecule has 9 atom stereocenters. The van der Waals surface area contributed by atoms with Gasteiger partial charge in [-0.05, 0) is 96.0 Å². The molecule has 2 aliphatic rings. The van der Waals surface area contributed by atoms with E-state index < -0.39 is 83.7 Å². The summed E-state index contributed by atoms with van der Waals surface area (Å²) in [6, 6.07) is 1.24. The smallest absolute Gasteiger partial charge is 0.462 e. The number of nitrogens with zero attached hydrogens (tertiary/aromatic N) is 2. The standard InChI is InChI=1S/C52H81N3O16P2/c1-3-5-7-9-11-13-14-15-16-17-18-19-20-22-24-26-32-36-48(57)68-42(39-65-47(56)35-31-28-27-30-34-44-43(69-44)33-29-25-23-21-12-10-8-6-4-2)40-66-72(61,62)71-73(63,64)67-41-45-49(58)50(59)51(70-45)55-38-37-46(53)54-52(55)60/h5,7,11-13,15-16,18-19,21,25,27,29-30,37-38,42-45,49-51,58-59H,3-4,6,8-10,14,17,20,22-24,26,28,31-36,39-41H2,1-2H3,(H,61,62)(H,63,64)(H2,53,54,60)/b7-5-,13-11-,16-15-,19-18-,21-12-,29-25-,30-27-/t42-,43?,44?,45-,49-,50-,51-/m1/s1. The van der Waals surface area contributed by atoms with E-state index in [4.69, 9.17) is 33.7 Å². The summed E-state index contributed by atoms with van der Waals surface area (Å²) in [4.78, 5) is 62.0. The van der Waals surface area contributed by atoms with Crippen LogP contribution in [0.2, 0.25) is 0 Å². The molecular formula is C52H81N3O16P2. The molecule has 2 fully saturated rings. The Hall–Kier alpha value is -4.10. The summed E-state index contributed by atoms with van der Waals surface area (Å²) in [6.45, 7) is 1.91. The fourth-order valence-corrected chi connectivity index (χ4v) is 9.39. The van der Waals surface area contributed by atoms with Crippen molar-refractivity contribution in [1.29, 1.82) is 0 Å². The van der Waals surface area contributed by atoms with Crippen LogP contribution in [0.25, 0.3) is 0 Å². The number of hydrogen-bond donors (Lipinski definition) is 5. The number of carbonyl (C=O) groups is 2. The molecule has 4 unspecified atom stereocenters. The number of aliphatic hydroxyl groups excluding tert-OH is 2. The molecule has 2 aliphatic heterocycles. The lowest BCUT2D eigenvalue weighted by Crippen LogP contribution is -2.36. The van der Waals surface area contributed by atoms with E-state index in [2.05, 4.69) is 96.1 Å². The van der Waals surface area contributed by atoms with Crippen molar-refractivity contribution < 1.29 is 71.0 Å². The molecule has 73 heavy (non-hydrogen) atoms. The predicted octanol–water partition coefficient (Wildman–Crippen LogP) is 9.65. The van der Waals surface area contributed by atoms with Gasteiger partial charge in [0.05, 0.1) is 25.4 Å². The molecule has 0 aromatic carbocycles. The third-order valence-electron chi connectivity index (χ3n) is 11.4. The largest absolute Gasteiger partial charge is 0.481 e. The maximum absolute atomic E-state index is 12.9. The Labute approximate surface area is 431 Å². The summed E-state index contributed by atoms with van der Waals surface area (Å²) < 4.78 is 62.5. The van der Waals surface area contributed by atoms with Crippen molar-refractivity contribution in [2.75, 3.05) is 25.6 Å². The maximum atomic E-state index is 12.9. The zero-order chi connectivity index (χ0) is 53.2. The van der Waals surface area contributed by atoms with E-state index in [0.717, 1.165) is 87.8 Å². The zero-order valence-electron chi connectivity index (χ0n) is 42.6. The first-order valence-electron chi connectivity index (χ1n) is 25.7. The van der Waals surface area contributed by atoms with E-state index >= 15 is 0 Å². The van der Waals surface area contributed by atoms with Gasteiger partial charge in [-0.1, -0.05) is 125 Å². The Balaban J connectivity index is 1.42. The highest BCUT2D eigenvalue weighted by Crippen LogP contribution is 2.60. The molecule has 0 aliphatic carbocycles. The molecule has 1 aromatic heterocycles. The number of carbonyl (C=O) groups excluding carboxylic acids is 2. The number of allylic oxidation sites excluding steroid dienone is 12. The molecule has 19 nitrogen and oxygen atoms in total. The number of esters is 2. The maximum Gasteiger partial charge on any atom is 0.481 e. The van der Waals surface area contributed by atoms with Gasteiger partial charge >= 0.3 is 33.3 Å². The minimum absolute atomic E-state index is 0.00202. The van der Waals surface area contributed by atoms with Crippen molar-refractivity contribution in [3.05, 3.63) is 108 Å². The second-order valence-electron chi connectivity index (χ2n) is 17.7. The number of nitrogen functional groups attached to an aromatic ring is 1. The van der Waals surface area contributed by atoms with Crippen LogP contribution >= 0.6 is 15.6 Å². The molecule has 6 N–H and O–H groups in total. The van der Waals surface area contributed by atoms with Gasteiger partial charge < -0.3 is 44.7 Å². The number of anilines is 1. The first-order chi connectivity index (χ1) is 35.1. The molecule has 21 heteroatoms. The molecule has 0 amide bonds. The molecule has 410 valence electrons.